The van der Waals surface area contributed by atoms with Crippen molar-refractivity contribution in [2.24, 2.45) is 0 Å². The molecular formula is C15H14FNO3. The number of aryl methyl sites for hydroxylation is 1. The van der Waals surface area contributed by atoms with Crippen molar-refractivity contribution in [2.45, 2.75) is 12.8 Å². The number of hydrogen-bond donors (Lipinski definition) is 0. The van der Waals surface area contributed by atoms with Crippen LogP contribution in [0.25, 0.3) is 0 Å². The van der Waals surface area contributed by atoms with E-state index in [9.17, 15) is 14.5 Å². The number of ether oxygens (including phenoxy) is 1. The van der Waals surface area contributed by atoms with Crippen molar-refractivity contribution < 1.29 is 14.1 Å². The van der Waals surface area contributed by atoms with E-state index in [1.807, 2.05) is 30.3 Å². The Bertz CT molecular complexity index is 587. The van der Waals surface area contributed by atoms with Crippen LogP contribution in [0, 0.1) is 15.9 Å². The van der Waals surface area contributed by atoms with Crippen molar-refractivity contribution in [3.63, 3.8) is 0 Å². The van der Waals surface area contributed by atoms with Gasteiger partial charge in [0.25, 0.3) is 0 Å². The van der Waals surface area contributed by atoms with Gasteiger partial charge in [-0.3, -0.25) is 10.1 Å². The lowest BCUT2D eigenvalue weighted by atomic mass is 10.1. The third kappa shape index (κ3) is 3.78. The fourth-order valence-electron chi connectivity index (χ4n) is 1.84. The molecule has 0 radical (unpaired) electrons. The van der Waals surface area contributed by atoms with Crippen LogP contribution in [0.1, 0.15) is 12.0 Å². The van der Waals surface area contributed by atoms with Crippen LogP contribution in [-0.4, -0.2) is 11.5 Å². The van der Waals surface area contributed by atoms with Gasteiger partial charge in [0.1, 0.15) is 5.75 Å². The van der Waals surface area contributed by atoms with E-state index >= 15 is 0 Å². The Hall–Kier alpha value is -2.43. The van der Waals surface area contributed by atoms with Crippen molar-refractivity contribution in [1.82, 2.24) is 0 Å². The first kappa shape index (κ1) is 14.0. The minimum atomic E-state index is -0.879. The molecular weight excluding hydrogens is 261 g/mol. The van der Waals surface area contributed by atoms with E-state index in [0.29, 0.717) is 12.4 Å². The van der Waals surface area contributed by atoms with E-state index in [0.717, 1.165) is 25.0 Å². The molecule has 0 saturated heterocycles. The smallest absolute Gasteiger partial charge is 0.305 e. The molecule has 0 aromatic heterocycles. The number of nitro benzene ring substituents is 1. The van der Waals surface area contributed by atoms with Crippen LogP contribution < -0.4 is 4.74 Å². The van der Waals surface area contributed by atoms with E-state index in [-0.39, 0.29) is 0 Å². The summed E-state index contributed by atoms with van der Waals surface area (Å²) in [6.07, 6.45) is 1.67. The van der Waals surface area contributed by atoms with Crippen LogP contribution >= 0.6 is 0 Å². The fraction of sp³-hybridized carbons (Fsp3) is 0.200. The van der Waals surface area contributed by atoms with Gasteiger partial charge in [0.2, 0.25) is 5.82 Å². The molecule has 0 aliphatic heterocycles. The normalized spacial score (nSPS) is 10.2. The highest BCUT2D eigenvalue weighted by molar-refractivity contribution is 5.37. The number of benzene rings is 2. The maximum atomic E-state index is 13.4. The maximum Gasteiger partial charge on any atom is 0.305 e. The van der Waals surface area contributed by atoms with Gasteiger partial charge >= 0.3 is 5.69 Å². The Morgan fingerprint density at radius 3 is 2.55 bits per heavy atom. The zero-order valence-electron chi connectivity index (χ0n) is 10.8. The van der Waals surface area contributed by atoms with E-state index in [4.69, 9.17) is 4.74 Å². The van der Waals surface area contributed by atoms with Gasteiger partial charge in [0.05, 0.1) is 11.5 Å². The molecule has 0 amide bonds. The second-order valence-electron chi connectivity index (χ2n) is 4.31. The zero-order chi connectivity index (χ0) is 14.4. The van der Waals surface area contributed by atoms with E-state index < -0.39 is 16.4 Å². The van der Waals surface area contributed by atoms with Gasteiger partial charge < -0.3 is 4.74 Å². The number of nitro groups is 1. The summed E-state index contributed by atoms with van der Waals surface area (Å²) in [5.41, 5.74) is 0.674. The number of nitrogens with zero attached hydrogens (tertiary/aromatic N) is 1. The first-order chi connectivity index (χ1) is 9.66. The van der Waals surface area contributed by atoms with Crippen LogP contribution in [0.4, 0.5) is 10.1 Å². The van der Waals surface area contributed by atoms with Crippen LogP contribution in [0.5, 0.6) is 5.75 Å². The number of halogens is 1. The van der Waals surface area contributed by atoms with Gasteiger partial charge in [-0.1, -0.05) is 30.3 Å². The summed E-state index contributed by atoms with van der Waals surface area (Å²) in [4.78, 5) is 9.72. The lowest BCUT2D eigenvalue weighted by Crippen LogP contribution is -2.00. The van der Waals surface area contributed by atoms with Gasteiger partial charge in [-0.25, -0.2) is 0 Å². The zero-order valence-corrected chi connectivity index (χ0v) is 10.8. The number of hydrogen-bond acceptors (Lipinski definition) is 3. The molecule has 0 bridgehead atoms. The van der Waals surface area contributed by atoms with Gasteiger partial charge in [0, 0.05) is 12.1 Å². The summed E-state index contributed by atoms with van der Waals surface area (Å²) in [6, 6.07) is 13.5. The first-order valence-corrected chi connectivity index (χ1v) is 6.27. The molecule has 5 heteroatoms. The highest BCUT2D eigenvalue weighted by Crippen LogP contribution is 2.22. The van der Waals surface area contributed by atoms with Crippen LogP contribution in [0.2, 0.25) is 0 Å². The molecule has 2 rings (SSSR count). The van der Waals surface area contributed by atoms with Gasteiger partial charge in [-0.05, 0) is 24.5 Å². The summed E-state index contributed by atoms with van der Waals surface area (Å²) >= 11 is 0. The monoisotopic (exact) mass is 275 g/mol. The average Bonchev–Trinajstić information content (AvgIpc) is 2.44. The summed E-state index contributed by atoms with van der Waals surface area (Å²) in [5.74, 6) is -0.572. The highest BCUT2D eigenvalue weighted by atomic mass is 19.1. The standard InChI is InChI=1S/C15H14FNO3/c16-14-11-13(8-9-15(14)17(18)19)20-10-4-7-12-5-2-1-3-6-12/h1-3,5-6,8-9,11H,4,7,10H2. The van der Waals surface area contributed by atoms with Crippen LogP contribution in [-0.2, 0) is 6.42 Å². The Labute approximate surface area is 116 Å². The summed E-state index contributed by atoms with van der Waals surface area (Å²) < 4.78 is 18.7. The highest BCUT2D eigenvalue weighted by Gasteiger charge is 2.13. The molecule has 0 N–H and O–H groups in total. The SMILES string of the molecule is O=[N+]([O-])c1ccc(OCCCc2ccccc2)cc1F. The third-order valence-electron chi connectivity index (χ3n) is 2.84. The van der Waals surface area contributed by atoms with Gasteiger partial charge in [-0.2, -0.15) is 4.39 Å². The molecule has 20 heavy (non-hydrogen) atoms. The lowest BCUT2D eigenvalue weighted by Gasteiger charge is -2.06. The molecule has 0 heterocycles. The summed E-state index contributed by atoms with van der Waals surface area (Å²) in [7, 11) is 0. The van der Waals surface area contributed by atoms with Crippen molar-refractivity contribution in [1.29, 1.82) is 0 Å². The van der Waals surface area contributed by atoms with E-state index in [1.165, 1.54) is 11.6 Å². The van der Waals surface area contributed by atoms with Crippen molar-refractivity contribution in [3.8, 4) is 5.75 Å². The Morgan fingerprint density at radius 1 is 1.15 bits per heavy atom. The van der Waals surface area contributed by atoms with Crippen molar-refractivity contribution in [2.75, 3.05) is 6.61 Å². The Kier molecular flexibility index (Phi) is 4.65. The molecule has 104 valence electrons. The number of rotatable bonds is 6. The lowest BCUT2D eigenvalue weighted by molar-refractivity contribution is -0.387. The molecule has 0 fully saturated rings. The molecule has 0 atom stereocenters. The predicted molar refractivity (Wildman–Crippen MR) is 73.3 cm³/mol. The van der Waals surface area contributed by atoms with Crippen molar-refractivity contribution >= 4 is 5.69 Å². The second kappa shape index (κ2) is 6.65. The van der Waals surface area contributed by atoms with Crippen LogP contribution in [0.15, 0.2) is 48.5 Å². The molecule has 0 aliphatic carbocycles. The summed E-state index contributed by atoms with van der Waals surface area (Å²) in [6.45, 7) is 0.437. The molecule has 0 aliphatic rings. The minimum Gasteiger partial charge on any atom is -0.493 e. The van der Waals surface area contributed by atoms with Crippen LogP contribution in [0.3, 0.4) is 0 Å². The second-order valence-corrected chi connectivity index (χ2v) is 4.31. The van der Waals surface area contributed by atoms with E-state index in [2.05, 4.69) is 0 Å². The largest absolute Gasteiger partial charge is 0.493 e. The molecule has 4 nitrogen and oxygen atoms in total. The Balaban J connectivity index is 1.83. The van der Waals surface area contributed by atoms with E-state index in [1.54, 1.807) is 0 Å². The minimum absolute atomic E-state index is 0.307. The summed E-state index contributed by atoms with van der Waals surface area (Å²) in [5, 5.41) is 10.5. The maximum absolute atomic E-state index is 13.4. The molecule has 0 saturated carbocycles. The van der Waals surface area contributed by atoms with Crippen molar-refractivity contribution in [3.05, 3.63) is 70.0 Å². The molecule has 2 aromatic rings. The molecule has 0 spiro atoms. The Morgan fingerprint density at radius 2 is 1.90 bits per heavy atom. The molecule has 2 aromatic carbocycles. The first-order valence-electron chi connectivity index (χ1n) is 6.27. The molecule has 0 unspecified atom stereocenters. The topological polar surface area (TPSA) is 52.4 Å². The predicted octanol–water partition coefficient (Wildman–Crippen LogP) is 3.75. The third-order valence-corrected chi connectivity index (χ3v) is 2.84. The van der Waals surface area contributed by atoms with Gasteiger partial charge in [0.15, 0.2) is 0 Å². The fourth-order valence-corrected chi connectivity index (χ4v) is 1.84. The quantitative estimate of drug-likeness (QED) is 0.458. The van der Waals surface area contributed by atoms with Gasteiger partial charge in [-0.15, -0.1) is 0 Å². The average molecular weight is 275 g/mol.